The van der Waals surface area contributed by atoms with Crippen LogP contribution in [0.3, 0.4) is 0 Å². The molecule has 0 unspecified atom stereocenters. The minimum absolute atomic E-state index is 0.196. The molecule has 25 heavy (non-hydrogen) atoms. The summed E-state index contributed by atoms with van der Waals surface area (Å²) in [6.45, 7) is 6.11. The average molecular weight is 341 g/mol. The Hall–Kier alpha value is -2.94. The zero-order valence-electron chi connectivity index (χ0n) is 15.4. The van der Waals surface area contributed by atoms with Gasteiger partial charge in [0.15, 0.2) is 11.5 Å². The van der Waals surface area contributed by atoms with Crippen LogP contribution in [0, 0.1) is 11.3 Å². The number of nitriles is 1. The fraction of sp³-hybridized carbons (Fsp3) is 0.368. The topological polar surface area (TPSA) is 90.4 Å². The average Bonchev–Trinajstić information content (AvgIpc) is 2.58. The molecule has 1 heterocycles. The first-order chi connectivity index (χ1) is 11.8. The quantitative estimate of drug-likeness (QED) is 0.915. The van der Waals surface area contributed by atoms with Gasteiger partial charge in [0.05, 0.1) is 21.3 Å². The van der Waals surface area contributed by atoms with Crippen LogP contribution in [-0.2, 0) is 5.41 Å². The summed E-state index contributed by atoms with van der Waals surface area (Å²) >= 11 is 0. The Balaban J connectivity index is 2.86. The fourth-order valence-electron chi connectivity index (χ4n) is 2.59. The van der Waals surface area contributed by atoms with Crippen LogP contribution in [0.4, 0.5) is 5.82 Å². The van der Waals surface area contributed by atoms with Gasteiger partial charge in [-0.1, -0.05) is 20.8 Å². The molecule has 0 fully saturated rings. The van der Waals surface area contributed by atoms with E-state index in [0.29, 0.717) is 33.9 Å². The standard InChI is InChI=1S/C19H23N3O3/c1-19(2,3)15-9-12(13(10-20)18(21)22-15)11-7-8-14(23-4)17(25-6)16(11)24-5/h7-9H,1-6H3,(H2,21,22). The van der Waals surface area contributed by atoms with E-state index in [0.717, 1.165) is 5.69 Å². The zero-order valence-corrected chi connectivity index (χ0v) is 15.4. The molecule has 1 aromatic carbocycles. The molecule has 2 rings (SSSR count). The van der Waals surface area contributed by atoms with E-state index in [4.69, 9.17) is 19.9 Å². The van der Waals surface area contributed by atoms with Crippen molar-refractivity contribution in [3.63, 3.8) is 0 Å². The molecule has 0 aliphatic rings. The van der Waals surface area contributed by atoms with Crippen molar-refractivity contribution in [2.24, 2.45) is 0 Å². The van der Waals surface area contributed by atoms with Crippen LogP contribution in [-0.4, -0.2) is 26.3 Å². The van der Waals surface area contributed by atoms with Crippen LogP contribution in [0.2, 0.25) is 0 Å². The fourth-order valence-corrected chi connectivity index (χ4v) is 2.59. The largest absolute Gasteiger partial charge is 0.493 e. The van der Waals surface area contributed by atoms with Gasteiger partial charge in [0.1, 0.15) is 17.5 Å². The van der Waals surface area contributed by atoms with E-state index in [2.05, 4.69) is 11.1 Å². The van der Waals surface area contributed by atoms with Crippen molar-refractivity contribution in [3.8, 4) is 34.4 Å². The summed E-state index contributed by atoms with van der Waals surface area (Å²) < 4.78 is 16.3. The summed E-state index contributed by atoms with van der Waals surface area (Å²) in [6, 6.07) is 7.61. The number of aromatic nitrogens is 1. The van der Waals surface area contributed by atoms with E-state index < -0.39 is 0 Å². The minimum atomic E-state index is -0.222. The summed E-state index contributed by atoms with van der Waals surface area (Å²) in [5.74, 6) is 1.67. The molecule has 2 aromatic rings. The van der Waals surface area contributed by atoms with Gasteiger partial charge in [-0.25, -0.2) is 4.98 Å². The number of nitrogens with two attached hydrogens (primary N) is 1. The number of nitrogens with zero attached hydrogens (tertiary/aromatic N) is 2. The van der Waals surface area contributed by atoms with Crippen LogP contribution in [0.1, 0.15) is 32.0 Å². The van der Waals surface area contributed by atoms with Gasteiger partial charge in [-0.3, -0.25) is 0 Å². The third-order valence-electron chi connectivity index (χ3n) is 3.92. The lowest BCUT2D eigenvalue weighted by atomic mass is 9.88. The molecule has 0 amide bonds. The highest BCUT2D eigenvalue weighted by Gasteiger charge is 2.24. The maximum absolute atomic E-state index is 9.58. The molecule has 0 atom stereocenters. The van der Waals surface area contributed by atoms with Gasteiger partial charge in [-0.15, -0.1) is 0 Å². The van der Waals surface area contributed by atoms with E-state index in [9.17, 15) is 5.26 Å². The highest BCUT2D eigenvalue weighted by Crippen LogP contribution is 2.46. The predicted octanol–water partition coefficient (Wildman–Crippen LogP) is 3.53. The van der Waals surface area contributed by atoms with Gasteiger partial charge in [0.2, 0.25) is 5.75 Å². The van der Waals surface area contributed by atoms with Gasteiger partial charge >= 0.3 is 0 Å². The number of benzene rings is 1. The third-order valence-corrected chi connectivity index (χ3v) is 3.92. The Labute approximate surface area is 148 Å². The maximum Gasteiger partial charge on any atom is 0.203 e. The molecule has 2 N–H and O–H groups in total. The predicted molar refractivity (Wildman–Crippen MR) is 97.2 cm³/mol. The van der Waals surface area contributed by atoms with E-state index in [1.165, 1.54) is 7.11 Å². The highest BCUT2D eigenvalue weighted by molar-refractivity contribution is 5.83. The Morgan fingerprint density at radius 1 is 1.00 bits per heavy atom. The summed E-state index contributed by atoms with van der Waals surface area (Å²) in [6.07, 6.45) is 0. The summed E-state index contributed by atoms with van der Waals surface area (Å²) in [5, 5.41) is 9.58. The Kier molecular flexibility index (Phi) is 5.07. The second-order valence-electron chi connectivity index (χ2n) is 6.56. The highest BCUT2D eigenvalue weighted by atomic mass is 16.5. The van der Waals surface area contributed by atoms with E-state index in [1.807, 2.05) is 32.9 Å². The summed E-state index contributed by atoms with van der Waals surface area (Å²) in [7, 11) is 4.64. The molecule has 0 saturated carbocycles. The number of ether oxygens (including phenoxy) is 3. The molecule has 1 aromatic heterocycles. The number of nitrogen functional groups attached to an aromatic ring is 1. The van der Waals surface area contributed by atoms with Crippen LogP contribution < -0.4 is 19.9 Å². The molecule has 0 saturated heterocycles. The van der Waals surface area contributed by atoms with E-state index >= 15 is 0 Å². The van der Waals surface area contributed by atoms with Crippen molar-refractivity contribution in [1.82, 2.24) is 4.98 Å². The van der Waals surface area contributed by atoms with Crippen molar-refractivity contribution in [3.05, 3.63) is 29.5 Å². The number of hydrogen-bond donors (Lipinski definition) is 1. The van der Waals surface area contributed by atoms with Crippen LogP contribution >= 0.6 is 0 Å². The summed E-state index contributed by atoms with van der Waals surface area (Å²) in [5.41, 5.74) is 8.27. The number of pyridine rings is 1. The molecule has 0 aliphatic heterocycles. The Morgan fingerprint density at radius 2 is 1.64 bits per heavy atom. The molecular weight excluding hydrogens is 318 g/mol. The second kappa shape index (κ2) is 6.89. The van der Waals surface area contributed by atoms with Crippen LogP contribution in [0.15, 0.2) is 18.2 Å². The third kappa shape index (κ3) is 3.31. The zero-order chi connectivity index (χ0) is 18.8. The van der Waals surface area contributed by atoms with E-state index in [-0.39, 0.29) is 11.2 Å². The number of hydrogen-bond acceptors (Lipinski definition) is 6. The van der Waals surface area contributed by atoms with Crippen LogP contribution in [0.25, 0.3) is 11.1 Å². The van der Waals surface area contributed by atoms with Crippen molar-refractivity contribution >= 4 is 5.82 Å². The monoisotopic (exact) mass is 341 g/mol. The first-order valence-corrected chi connectivity index (χ1v) is 7.78. The lowest BCUT2D eigenvalue weighted by Gasteiger charge is -2.21. The Morgan fingerprint density at radius 3 is 2.12 bits per heavy atom. The van der Waals surface area contributed by atoms with E-state index in [1.54, 1.807) is 20.3 Å². The van der Waals surface area contributed by atoms with Crippen molar-refractivity contribution < 1.29 is 14.2 Å². The normalized spacial score (nSPS) is 10.9. The van der Waals surface area contributed by atoms with Crippen LogP contribution in [0.5, 0.6) is 17.2 Å². The van der Waals surface area contributed by atoms with Crippen molar-refractivity contribution in [2.75, 3.05) is 27.1 Å². The maximum atomic E-state index is 9.58. The first kappa shape index (κ1) is 18.4. The molecular formula is C19H23N3O3. The minimum Gasteiger partial charge on any atom is -0.493 e. The molecule has 6 nitrogen and oxygen atoms in total. The number of rotatable bonds is 4. The van der Waals surface area contributed by atoms with Gasteiger partial charge in [0.25, 0.3) is 0 Å². The second-order valence-corrected chi connectivity index (χ2v) is 6.56. The lowest BCUT2D eigenvalue weighted by molar-refractivity contribution is 0.325. The Bertz CT molecular complexity index is 833. The first-order valence-electron chi connectivity index (χ1n) is 7.78. The van der Waals surface area contributed by atoms with Gasteiger partial charge in [0, 0.05) is 22.2 Å². The molecule has 0 bridgehead atoms. The molecule has 0 spiro atoms. The van der Waals surface area contributed by atoms with Gasteiger partial charge < -0.3 is 19.9 Å². The van der Waals surface area contributed by atoms with Crippen molar-refractivity contribution in [1.29, 1.82) is 5.26 Å². The lowest BCUT2D eigenvalue weighted by Crippen LogP contribution is -2.15. The van der Waals surface area contributed by atoms with Gasteiger partial charge in [-0.05, 0) is 18.2 Å². The number of anilines is 1. The smallest absolute Gasteiger partial charge is 0.203 e. The SMILES string of the molecule is COc1ccc(-c2cc(C(C)(C)C)nc(N)c2C#N)c(OC)c1OC. The molecule has 132 valence electrons. The number of methoxy groups -OCH3 is 3. The molecule has 6 heteroatoms. The molecule has 0 aliphatic carbocycles. The van der Waals surface area contributed by atoms with Gasteiger partial charge in [-0.2, -0.15) is 5.26 Å². The van der Waals surface area contributed by atoms with Crippen molar-refractivity contribution in [2.45, 2.75) is 26.2 Å². The molecule has 0 radical (unpaired) electrons. The summed E-state index contributed by atoms with van der Waals surface area (Å²) in [4.78, 5) is 4.39.